The fraction of sp³-hybridized carbons (Fsp3) is 0.769. The van der Waals surface area contributed by atoms with Gasteiger partial charge in [-0.05, 0) is 19.8 Å². The number of hydrogen-bond acceptors (Lipinski definition) is 3. The summed E-state index contributed by atoms with van der Waals surface area (Å²) in [5, 5.41) is 14.4. The van der Waals surface area contributed by atoms with Crippen molar-refractivity contribution in [1.82, 2.24) is 15.5 Å². The van der Waals surface area contributed by atoms with Crippen molar-refractivity contribution in [3.05, 3.63) is 0 Å². The highest BCUT2D eigenvalue weighted by Crippen LogP contribution is 2.24. The van der Waals surface area contributed by atoms with Crippen molar-refractivity contribution >= 4 is 17.9 Å². The molecule has 3 N–H and O–H groups in total. The molecule has 114 valence electrons. The van der Waals surface area contributed by atoms with Gasteiger partial charge >= 0.3 is 12.0 Å². The van der Waals surface area contributed by atoms with Crippen LogP contribution >= 0.6 is 0 Å². The number of aliphatic carboxylic acids is 1. The molecule has 7 nitrogen and oxygen atoms in total. The van der Waals surface area contributed by atoms with Crippen LogP contribution < -0.4 is 10.6 Å². The summed E-state index contributed by atoms with van der Waals surface area (Å²) < 4.78 is 0. The summed E-state index contributed by atoms with van der Waals surface area (Å²) in [6.07, 6.45) is 3.04. The van der Waals surface area contributed by atoms with Crippen LogP contribution in [0.5, 0.6) is 0 Å². The molecule has 1 fully saturated rings. The number of urea groups is 1. The molecule has 3 amide bonds. The number of carbonyl (C=O) groups excluding carboxylic acids is 2. The summed E-state index contributed by atoms with van der Waals surface area (Å²) in [5.74, 6) is -1.66. The third-order valence-corrected chi connectivity index (χ3v) is 3.67. The summed E-state index contributed by atoms with van der Waals surface area (Å²) in [7, 11) is 1.51. The van der Waals surface area contributed by atoms with Gasteiger partial charge in [0.1, 0.15) is 6.54 Å². The first-order valence-electron chi connectivity index (χ1n) is 6.98. The minimum absolute atomic E-state index is 0.0245. The summed E-state index contributed by atoms with van der Waals surface area (Å²) in [6, 6.07) is -0.735. The second-order valence-electron chi connectivity index (χ2n) is 4.97. The first kappa shape index (κ1) is 16.3. The molecule has 0 bridgehead atoms. The number of hydrogen-bond donors (Lipinski definition) is 3. The van der Waals surface area contributed by atoms with Crippen molar-refractivity contribution in [1.29, 1.82) is 0 Å². The third kappa shape index (κ3) is 4.40. The molecule has 1 rings (SSSR count). The molecule has 7 heteroatoms. The summed E-state index contributed by atoms with van der Waals surface area (Å²) in [4.78, 5) is 36.0. The van der Waals surface area contributed by atoms with Gasteiger partial charge in [-0.3, -0.25) is 9.59 Å². The average Bonchev–Trinajstić information content (AvgIpc) is 2.44. The molecule has 0 radical (unpaired) electrons. The number of amides is 3. The molecule has 0 aromatic rings. The third-order valence-electron chi connectivity index (χ3n) is 3.67. The average molecular weight is 285 g/mol. The Balaban J connectivity index is 2.61. The molecule has 2 unspecified atom stereocenters. The number of likely N-dealkylation sites (N-methyl/N-ethyl adjacent to an activating group) is 2. The van der Waals surface area contributed by atoms with E-state index in [0.29, 0.717) is 19.4 Å². The minimum Gasteiger partial charge on any atom is -0.481 e. The van der Waals surface area contributed by atoms with Gasteiger partial charge in [0.2, 0.25) is 5.91 Å². The number of carbonyl (C=O) groups is 3. The lowest BCUT2D eigenvalue weighted by molar-refractivity contribution is -0.143. The maximum atomic E-state index is 12.1. The van der Waals surface area contributed by atoms with Crippen LogP contribution in [0.4, 0.5) is 4.79 Å². The van der Waals surface area contributed by atoms with E-state index >= 15 is 0 Å². The monoisotopic (exact) mass is 285 g/mol. The lowest BCUT2D eigenvalue weighted by Crippen LogP contribution is -2.51. The molecule has 20 heavy (non-hydrogen) atoms. The van der Waals surface area contributed by atoms with Gasteiger partial charge in [-0.2, -0.15) is 0 Å². The zero-order valence-electron chi connectivity index (χ0n) is 12.0. The summed E-state index contributed by atoms with van der Waals surface area (Å²) in [6.45, 7) is 2.14. The maximum Gasteiger partial charge on any atom is 0.318 e. The molecular formula is C13H23N3O4. The largest absolute Gasteiger partial charge is 0.481 e. The lowest BCUT2D eigenvalue weighted by Gasteiger charge is -2.31. The van der Waals surface area contributed by atoms with E-state index < -0.39 is 11.9 Å². The van der Waals surface area contributed by atoms with Gasteiger partial charge in [-0.1, -0.05) is 12.8 Å². The number of carboxylic acid groups (broad SMARTS) is 1. The number of nitrogens with one attached hydrogen (secondary N) is 2. The molecule has 0 aliphatic heterocycles. The smallest absolute Gasteiger partial charge is 0.318 e. The van der Waals surface area contributed by atoms with Crippen molar-refractivity contribution in [3.63, 3.8) is 0 Å². The number of nitrogens with zero attached hydrogens (tertiary/aromatic N) is 1. The van der Waals surface area contributed by atoms with Crippen LogP contribution in [-0.4, -0.2) is 54.1 Å². The summed E-state index contributed by atoms with van der Waals surface area (Å²) in [5.41, 5.74) is 0. The van der Waals surface area contributed by atoms with E-state index in [4.69, 9.17) is 0 Å². The Morgan fingerprint density at radius 1 is 1.25 bits per heavy atom. The fourth-order valence-corrected chi connectivity index (χ4v) is 2.43. The van der Waals surface area contributed by atoms with Crippen LogP contribution in [0.2, 0.25) is 0 Å². The van der Waals surface area contributed by atoms with E-state index in [-0.39, 0.29) is 24.5 Å². The highest BCUT2D eigenvalue weighted by atomic mass is 16.4. The van der Waals surface area contributed by atoms with Gasteiger partial charge in [-0.15, -0.1) is 0 Å². The van der Waals surface area contributed by atoms with Gasteiger partial charge in [0.15, 0.2) is 0 Å². The molecule has 0 aromatic carbocycles. The van der Waals surface area contributed by atoms with Crippen LogP contribution in [0.3, 0.4) is 0 Å². The predicted molar refractivity (Wildman–Crippen MR) is 73.2 cm³/mol. The Labute approximate surface area is 118 Å². The quantitative estimate of drug-likeness (QED) is 0.681. The van der Waals surface area contributed by atoms with Crippen LogP contribution in [0.1, 0.15) is 32.6 Å². The molecule has 0 spiro atoms. The number of carboxylic acids is 1. The Kier molecular flexibility index (Phi) is 6.27. The Hall–Kier alpha value is -1.79. The standard InChI is InChI=1S/C13H23N3O4/c1-3-16(8-11(17)14-2)13(20)15-10-7-5-4-6-9(10)12(18)19/h9-10H,3-8H2,1-2H3,(H,14,17)(H,15,20)(H,18,19). The SMILES string of the molecule is CCN(CC(=O)NC)C(=O)NC1CCCCC1C(=O)O. The van der Waals surface area contributed by atoms with E-state index in [1.165, 1.54) is 11.9 Å². The Morgan fingerprint density at radius 2 is 1.90 bits per heavy atom. The van der Waals surface area contributed by atoms with Gasteiger partial charge in [0.25, 0.3) is 0 Å². The second kappa shape index (κ2) is 7.72. The molecule has 0 aromatic heterocycles. The zero-order chi connectivity index (χ0) is 15.1. The normalized spacial score (nSPS) is 21.9. The molecule has 2 atom stereocenters. The van der Waals surface area contributed by atoms with Gasteiger partial charge in [0, 0.05) is 19.6 Å². The van der Waals surface area contributed by atoms with E-state index in [2.05, 4.69) is 10.6 Å². The van der Waals surface area contributed by atoms with Crippen molar-refractivity contribution < 1.29 is 19.5 Å². The van der Waals surface area contributed by atoms with Gasteiger partial charge in [-0.25, -0.2) is 4.79 Å². The highest BCUT2D eigenvalue weighted by molar-refractivity contribution is 5.84. The second-order valence-corrected chi connectivity index (χ2v) is 4.97. The van der Waals surface area contributed by atoms with Crippen LogP contribution in [-0.2, 0) is 9.59 Å². The molecule has 1 aliphatic carbocycles. The molecule has 1 aliphatic rings. The van der Waals surface area contributed by atoms with Crippen molar-refractivity contribution in [2.45, 2.75) is 38.6 Å². The van der Waals surface area contributed by atoms with E-state index in [1.807, 2.05) is 0 Å². The topological polar surface area (TPSA) is 98.7 Å². The first-order chi connectivity index (χ1) is 9.49. The van der Waals surface area contributed by atoms with Gasteiger partial charge in [0.05, 0.1) is 5.92 Å². The lowest BCUT2D eigenvalue weighted by atomic mass is 9.84. The van der Waals surface area contributed by atoms with E-state index in [0.717, 1.165) is 12.8 Å². The summed E-state index contributed by atoms with van der Waals surface area (Å²) >= 11 is 0. The van der Waals surface area contributed by atoms with Crippen LogP contribution in [0.25, 0.3) is 0 Å². The predicted octanol–water partition coefficient (Wildman–Crippen LogP) is 0.407. The Morgan fingerprint density at radius 3 is 2.45 bits per heavy atom. The minimum atomic E-state index is -0.871. The maximum absolute atomic E-state index is 12.1. The first-order valence-corrected chi connectivity index (χ1v) is 6.98. The van der Waals surface area contributed by atoms with Crippen molar-refractivity contribution in [3.8, 4) is 0 Å². The highest BCUT2D eigenvalue weighted by Gasteiger charge is 2.32. The molecular weight excluding hydrogens is 262 g/mol. The molecule has 0 heterocycles. The zero-order valence-corrected chi connectivity index (χ0v) is 12.0. The van der Waals surface area contributed by atoms with Crippen molar-refractivity contribution in [2.75, 3.05) is 20.1 Å². The van der Waals surface area contributed by atoms with E-state index in [1.54, 1.807) is 6.92 Å². The Bertz CT molecular complexity index is 373. The van der Waals surface area contributed by atoms with Gasteiger partial charge < -0.3 is 20.6 Å². The van der Waals surface area contributed by atoms with Crippen molar-refractivity contribution in [2.24, 2.45) is 5.92 Å². The van der Waals surface area contributed by atoms with E-state index in [9.17, 15) is 19.5 Å². The number of rotatable bonds is 5. The fourth-order valence-electron chi connectivity index (χ4n) is 2.43. The van der Waals surface area contributed by atoms with Crippen LogP contribution in [0, 0.1) is 5.92 Å². The molecule has 1 saturated carbocycles. The van der Waals surface area contributed by atoms with Crippen LogP contribution in [0.15, 0.2) is 0 Å². The molecule has 0 saturated heterocycles.